The molecular weight excluding hydrogens is 376 g/mol. The fraction of sp³-hybridized carbons (Fsp3) is 0.208. The number of anilines is 1. The topological polar surface area (TPSA) is 94.0 Å². The molecule has 3 amide bonds. The van der Waals surface area contributed by atoms with E-state index in [4.69, 9.17) is 5.26 Å². The third-order valence-electron chi connectivity index (χ3n) is 4.94. The summed E-state index contributed by atoms with van der Waals surface area (Å²) in [5.74, 6) is -0.402. The Bertz CT molecular complexity index is 1100. The van der Waals surface area contributed by atoms with Crippen LogP contribution in [0.5, 0.6) is 0 Å². The number of aryl methyl sites for hydroxylation is 2. The number of carbonyl (C=O) groups excluding carboxylic acids is 2. The van der Waals surface area contributed by atoms with Crippen LogP contribution < -0.4 is 16.0 Å². The molecule has 3 N–H and O–H groups in total. The number of nitrogens with zero attached hydrogens (tertiary/aromatic N) is 1. The smallest absolute Gasteiger partial charge is 0.319 e. The lowest BCUT2D eigenvalue weighted by molar-refractivity contribution is -0.122. The van der Waals surface area contributed by atoms with Gasteiger partial charge in [0.25, 0.3) is 0 Å². The van der Waals surface area contributed by atoms with Crippen molar-refractivity contribution >= 4 is 28.4 Å². The van der Waals surface area contributed by atoms with Crippen LogP contribution in [-0.4, -0.2) is 24.5 Å². The van der Waals surface area contributed by atoms with E-state index in [1.54, 1.807) is 0 Å². The van der Waals surface area contributed by atoms with E-state index < -0.39 is 18.0 Å². The van der Waals surface area contributed by atoms with Gasteiger partial charge in [0.05, 0.1) is 6.07 Å². The van der Waals surface area contributed by atoms with Crippen molar-refractivity contribution in [2.45, 2.75) is 26.3 Å². The van der Waals surface area contributed by atoms with Crippen molar-refractivity contribution in [1.29, 1.82) is 5.26 Å². The summed E-state index contributed by atoms with van der Waals surface area (Å²) in [5.41, 5.74) is 3.50. The molecule has 0 saturated heterocycles. The minimum absolute atomic E-state index is 0.118. The number of para-hydroxylation sites is 1. The monoisotopic (exact) mass is 400 g/mol. The first-order chi connectivity index (χ1) is 14.5. The quantitative estimate of drug-likeness (QED) is 0.549. The maximum atomic E-state index is 12.6. The predicted molar refractivity (Wildman–Crippen MR) is 118 cm³/mol. The Morgan fingerprint density at radius 2 is 1.67 bits per heavy atom. The number of hydrogen-bond donors (Lipinski definition) is 3. The van der Waals surface area contributed by atoms with Crippen LogP contribution in [0.15, 0.2) is 60.7 Å². The number of urea groups is 1. The van der Waals surface area contributed by atoms with Crippen molar-refractivity contribution in [3.8, 4) is 6.07 Å². The van der Waals surface area contributed by atoms with Gasteiger partial charge in [-0.2, -0.15) is 5.26 Å². The fourth-order valence-corrected chi connectivity index (χ4v) is 3.38. The van der Waals surface area contributed by atoms with Gasteiger partial charge in [0.2, 0.25) is 5.91 Å². The van der Waals surface area contributed by atoms with E-state index >= 15 is 0 Å². The molecule has 6 heteroatoms. The summed E-state index contributed by atoms with van der Waals surface area (Å²) in [4.78, 5) is 25.2. The Morgan fingerprint density at radius 3 is 2.37 bits per heavy atom. The first-order valence-corrected chi connectivity index (χ1v) is 9.74. The number of hydrogen-bond acceptors (Lipinski definition) is 3. The molecule has 30 heavy (non-hydrogen) atoms. The Labute approximate surface area is 175 Å². The first-order valence-electron chi connectivity index (χ1n) is 9.74. The first kappa shape index (κ1) is 20.9. The van der Waals surface area contributed by atoms with E-state index in [2.05, 4.69) is 16.0 Å². The van der Waals surface area contributed by atoms with Crippen LogP contribution in [-0.2, 0) is 11.2 Å². The highest BCUT2D eigenvalue weighted by atomic mass is 16.2. The minimum Gasteiger partial charge on any atom is -0.341 e. The van der Waals surface area contributed by atoms with Gasteiger partial charge in [-0.1, -0.05) is 60.7 Å². The van der Waals surface area contributed by atoms with E-state index in [9.17, 15) is 9.59 Å². The zero-order valence-corrected chi connectivity index (χ0v) is 17.0. The van der Waals surface area contributed by atoms with Gasteiger partial charge in [0.15, 0.2) is 0 Å². The Hall–Kier alpha value is -3.85. The fourth-order valence-electron chi connectivity index (χ4n) is 3.38. The van der Waals surface area contributed by atoms with Crippen LogP contribution in [0.4, 0.5) is 10.5 Å². The largest absolute Gasteiger partial charge is 0.341 e. The van der Waals surface area contributed by atoms with Gasteiger partial charge in [-0.15, -0.1) is 0 Å². The summed E-state index contributed by atoms with van der Waals surface area (Å²) in [6.45, 7) is 3.71. The molecule has 0 aliphatic carbocycles. The number of nitriles is 1. The zero-order valence-electron chi connectivity index (χ0n) is 17.0. The van der Waals surface area contributed by atoms with Gasteiger partial charge >= 0.3 is 6.03 Å². The number of nitrogens with one attached hydrogen (secondary N) is 3. The lowest BCUT2D eigenvalue weighted by Crippen LogP contribution is -2.49. The summed E-state index contributed by atoms with van der Waals surface area (Å²) >= 11 is 0. The van der Waals surface area contributed by atoms with Crippen molar-refractivity contribution in [2.24, 2.45) is 0 Å². The molecule has 0 aliphatic rings. The highest BCUT2D eigenvalue weighted by molar-refractivity contribution is 5.95. The number of fused-ring (bicyclic) bond motifs is 1. The maximum Gasteiger partial charge on any atom is 0.319 e. The molecule has 0 aliphatic heterocycles. The average Bonchev–Trinajstić information content (AvgIpc) is 2.74. The Balaban J connectivity index is 1.78. The normalized spacial score (nSPS) is 11.4. The van der Waals surface area contributed by atoms with Crippen LogP contribution in [0.1, 0.15) is 16.7 Å². The predicted octanol–water partition coefficient (Wildman–Crippen LogP) is 3.83. The van der Waals surface area contributed by atoms with Crippen molar-refractivity contribution in [3.63, 3.8) is 0 Å². The van der Waals surface area contributed by atoms with Gasteiger partial charge in [-0.3, -0.25) is 4.79 Å². The second kappa shape index (κ2) is 9.57. The minimum atomic E-state index is -0.816. The summed E-state index contributed by atoms with van der Waals surface area (Å²) in [6.07, 6.45) is 0.308. The number of benzene rings is 3. The molecule has 0 bridgehead atoms. The highest BCUT2D eigenvalue weighted by Crippen LogP contribution is 2.20. The highest BCUT2D eigenvalue weighted by Gasteiger charge is 2.22. The van der Waals surface area contributed by atoms with E-state index in [0.717, 1.165) is 33.2 Å². The molecule has 3 aromatic rings. The summed E-state index contributed by atoms with van der Waals surface area (Å²) in [5, 5.41) is 19.1. The summed E-state index contributed by atoms with van der Waals surface area (Å²) in [6, 6.07) is 20.2. The van der Waals surface area contributed by atoms with Crippen molar-refractivity contribution < 1.29 is 9.59 Å². The van der Waals surface area contributed by atoms with E-state index in [-0.39, 0.29) is 6.54 Å². The van der Waals surface area contributed by atoms with Crippen molar-refractivity contribution in [2.75, 3.05) is 11.9 Å². The molecule has 0 spiro atoms. The standard InChI is InChI=1S/C24H24N4O2/c1-16-6-5-7-17(2)22(16)28-24(30)27-21(23(29)26-13-12-25)15-18-10-11-19-8-3-4-9-20(19)14-18/h3-11,14,21H,13,15H2,1-2H3,(H,26,29)(H2,27,28,30). The van der Waals surface area contributed by atoms with Crippen molar-refractivity contribution in [3.05, 3.63) is 77.4 Å². The maximum absolute atomic E-state index is 12.6. The van der Waals surface area contributed by atoms with E-state index in [1.165, 1.54) is 0 Å². The molecule has 1 atom stereocenters. The SMILES string of the molecule is Cc1cccc(C)c1NC(=O)NC(Cc1ccc2ccccc2c1)C(=O)NCC#N. The van der Waals surface area contributed by atoms with Crippen LogP contribution in [0.2, 0.25) is 0 Å². The zero-order chi connectivity index (χ0) is 21.5. The molecule has 6 nitrogen and oxygen atoms in total. The molecule has 0 aromatic heterocycles. The Morgan fingerprint density at radius 1 is 0.967 bits per heavy atom. The van der Waals surface area contributed by atoms with Gasteiger partial charge in [-0.25, -0.2) is 4.79 Å². The van der Waals surface area contributed by atoms with Crippen LogP contribution in [0.3, 0.4) is 0 Å². The second-order valence-corrected chi connectivity index (χ2v) is 7.18. The third-order valence-corrected chi connectivity index (χ3v) is 4.94. The second-order valence-electron chi connectivity index (χ2n) is 7.18. The number of amides is 3. The van der Waals surface area contributed by atoms with Gasteiger partial charge in [-0.05, 0) is 41.3 Å². The molecule has 0 fully saturated rings. The van der Waals surface area contributed by atoms with Gasteiger partial charge in [0.1, 0.15) is 12.6 Å². The average molecular weight is 400 g/mol. The lowest BCUT2D eigenvalue weighted by Gasteiger charge is -2.19. The van der Waals surface area contributed by atoms with Crippen LogP contribution in [0.25, 0.3) is 10.8 Å². The number of rotatable bonds is 6. The third kappa shape index (κ3) is 5.15. The Kier molecular flexibility index (Phi) is 6.66. The molecule has 0 saturated carbocycles. The molecule has 0 heterocycles. The van der Waals surface area contributed by atoms with Crippen LogP contribution >= 0.6 is 0 Å². The van der Waals surface area contributed by atoms with E-state index in [0.29, 0.717) is 6.42 Å². The van der Waals surface area contributed by atoms with E-state index in [1.807, 2.05) is 80.6 Å². The molecule has 3 aromatic carbocycles. The van der Waals surface area contributed by atoms with Crippen LogP contribution in [0, 0.1) is 25.2 Å². The molecule has 152 valence electrons. The molecular formula is C24H24N4O2. The summed E-state index contributed by atoms with van der Waals surface area (Å²) < 4.78 is 0. The molecule has 1 unspecified atom stereocenters. The lowest BCUT2D eigenvalue weighted by atomic mass is 10.0. The van der Waals surface area contributed by atoms with Crippen molar-refractivity contribution in [1.82, 2.24) is 10.6 Å². The summed E-state index contributed by atoms with van der Waals surface area (Å²) in [7, 11) is 0. The van der Waals surface area contributed by atoms with Gasteiger partial charge < -0.3 is 16.0 Å². The molecule has 0 radical (unpaired) electrons. The molecule has 3 rings (SSSR count). The number of carbonyl (C=O) groups is 2. The van der Waals surface area contributed by atoms with Gasteiger partial charge in [0, 0.05) is 12.1 Å².